The van der Waals surface area contributed by atoms with Crippen LogP contribution in [-0.2, 0) is 6.42 Å². The van der Waals surface area contributed by atoms with Gasteiger partial charge < -0.3 is 0 Å². The number of H-pyrrole nitrogens is 2. The van der Waals surface area contributed by atoms with Crippen LogP contribution in [0, 0.1) is 6.92 Å². The van der Waals surface area contributed by atoms with Crippen molar-refractivity contribution in [2.45, 2.75) is 13.3 Å². The zero-order valence-corrected chi connectivity index (χ0v) is 11.1. The molecule has 0 aliphatic heterocycles. The highest BCUT2D eigenvalue weighted by Crippen LogP contribution is 2.14. The summed E-state index contributed by atoms with van der Waals surface area (Å²) in [5, 5.41) is 14.2. The fourth-order valence-electron chi connectivity index (χ4n) is 2.16. The molecule has 5 nitrogen and oxygen atoms in total. The van der Waals surface area contributed by atoms with Crippen LogP contribution in [0.4, 0.5) is 0 Å². The number of aromatic nitrogens is 4. The van der Waals surface area contributed by atoms with Crippen molar-refractivity contribution in [2.24, 2.45) is 0 Å². The molecule has 0 saturated heterocycles. The fraction of sp³-hybridized carbons (Fsp3) is 0.133. The van der Waals surface area contributed by atoms with Gasteiger partial charge in [0.25, 0.3) is 5.56 Å². The molecule has 0 bridgehead atoms. The average molecular weight is 266 g/mol. The van der Waals surface area contributed by atoms with Gasteiger partial charge in [0.05, 0.1) is 11.1 Å². The molecule has 0 aliphatic rings. The van der Waals surface area contributed by atoms with Gasteiger partial charge >= 0.3 is 0 Å². The largest absolute Gasteiger partial charge is 0.281 e. The van der Waals surface area contributed by atoms with E-state index in [0.29, 0.717) is 17.3 Å². The molecule has 1 aromatic carbocycles. The normalized spacial score (nSPS) is 11.4. The van der Waals surface area contributed by atoms with Crippen molar-refractivity contribution in [2.75, 3.05) is 0 Å². The van der Waals surface area contributed by atoms with Gasteiger partial charge in [0, 0.05) is 12.1 Å². The number of nitrogens with one attached hydrogen (secondary N) is 2. The summed E-state index contributed by atoms with van der Waals surface area (Å²) >= 11 is 0. The number of nitrogens with zero attached hydrogens (tertiary/aromatic N) is 2. The Morgan fingerprint density at radius 2 is 1.95 bits per heavy atom. The molecule has 0 fully saturated rings. The van der Waals surface area contributed by atoms with Gasteiger partial charge in [-0.05, 0) is 12.5 Å². The van der Waals surface area contributed by atoms with Crippen molar-refractivity contribution in [3.8, 4) is 0 Å². The van der Waals surface area contributed by atoms with Crippen LogP contribution in [0.2, 0.25) is 0 Å². The number of hydrogen-bond acceptors (Lipinski definition) is 3. The van der Waals surface area contributed by atoms with Crippen LogP contribution >= 0.6 is 0 Å². The number of rotatable bonds is 3. The molecule has 0 spiro atoms. The SMILES string of the molecule is Cc1[nH]nc2c(C/C=C/c3ccccc3)n[nH]c(=O)c12. The van der Waals surface area contributed by atoms with E-state index in [4.69, 9.17) is 0 Å². The molecule has 2 heterocycles. The summed E-state index contributed by atoms with van der Waals surface area (Å²) in [4.78, 5) is 11.7. The Labute approximate surface area is 115 Å². The van der Waals surface area contributed by atoms with E-state index in [-0.39, 0.29) is 5.56 Å². The Hall–Kier alpha value is -2.69. The summed E-state index contributed by atoms with van der Waals surface area (Å²) in [7, 11) is 0. The van der Waals surface area contributed by atoms with Gasteiger partial charge in [0.1, 0.15) is 5.52 Å². The fourth-order valence-corrected chi connectivity index (χ4v) is 2.16. The van der Waals surface area contributed by atoms with Gasteiger partial charge in [-0.25, -0.2) is 5.10 Å². The van der Waals surface area contributed by atoms with Gasteiger partial charge in [0.2, 0.25) is 0 Å². The Bertz CT molecular complexity index is 815. The third-order valence-corrected chi connectivity index (χ3v) is 3.16. The summed E-state index contributed by atoms with van der Waals surface area (Å²) in [6.07, 6.45) is 4.66. The first kappa shape index (κ1) is 12.3. The molecule has 5 heteroatoms. The molecule has 0 unspecified atom stereocenters. The van der Waals surface area contributed by atoms with Crippen LogP contribution in [0.15, 0.2) is 41.2 Å². The van der Waals surface area contributed by atoms with Crippen LogP contribution < -0.4 is 5.56 Å². The lowest BCUT2D eigenvalue weighted by atomic mass is 10.1. The first-order chi connectivity index (χ1) is 9.75. The van der Waals surface area contributed by atoms with Crippen molar-refractivity contribution in [3.63, 3.8) is 0 Å². The summed E-state index contributed by atoms with van der Waals surface area (Å²) in [5.74, 6) is 0. The lowest BCUT2D eigenvalue weighted by Crippen LogP contribution is -2.10. The second kappa shape index (κ2) is 5.13. The third-order valence-electron chi connectivity index (χ3n) is 3.16. The smallest absolute Gasteiger partial charge is 0.275 e. The lowest BCUT2D eigenvalue weighted by molar-refractivity contribution is 0.938. The number of aryl methyl sites for hydroxylation is 1. The summed E-state index contributed by atoms with van der Waals surface area (Å²) in [5.41, 5.74) is 3.09. The maximum absolute atomic E-state index is 11.7. The predicted molar refractivity (Wildman–Crippen MR) is 78.4 cm³/mol. The summed E-state index contributed by atoms with van der Waals surface area (Å²) < 4.78 is 0. The minimum atomic E-state index is -0.206. The Morgan fingerprint density at radius 3 is 2.75 bits per heavy atom. The number of aromatic amines is 2. The highest BCUT2D eigenvalue weighted by atomic mass is 16.1. The van der Waals surface area contributed by atoms with Crippen molar-refractivity contribution >= 4 is 17.0 Å². The molecule has 100 valence electrons. The molecule has 0 saturated carbocycles. The zero-order valence-electron chi connectivity index (χ0n) is 11.1. The van der Waals surface area contributed by atoms with E-state index in [2.05, 4.69) is 20.4 Å². The minimum absolute atomic E-state index is 0.206. The standard InChI is InChI=1S/C15H14N4O/c1-10-13-14(18-16-10)12(17-19-15(13)20)9-5-8-11-6-3-2-4-7-11/h2-8H,9H2,1H3,(H,16,18)(H,19,20)/b8-5+. The van der Waals surface area contributed by atoms with Crippen LogP contribution in [0.5, 0.6) is 0 Å². The monoisotopic (exact) mass is 266 g/mol. The Balaban J connectivity index is 1.91. The molecule has 0 atom stereocenters. The molecule has 3 rings (SSSR count). The third kappa shape index (κ3) is 2.25. The van der Waals surface area contributed by atoms with E-state index in [1.807, 2.05) is 49.4 Å². The molecule has 0 radical (unpaired) electrons. The Kier molecular flexibility index (Phi) is 3.16. The zero-order chi connectivity index (χ0) is 13.9. The van der Waals surface area contributed by atoms with Gasteiger partial charge in [-0.3, -0.25) is 9.89 Å². The minimum Gasteiger partial charge on any atom is -0.281 e. The number of fused-ring (bicyclic) bond motifs is 1. The van der Waals surface area contributed by atoms with Crippen molar-refractivity contribution in [1.29, 1.82) is 0 Å². The molecular formula is C15H14N4O. The van der Waals surface area contributed by atoms with Gasteiger partial charge in [-0.2, -0.15) is 10.2 Å². The van der Waals surface area contributed by atoms with Gasteiger partial charge in [-0.15, -0.1) is 0 Å². The molecule has 20 heavy (non-hydrogen) atoms. The Morgan fingerprint density at radius 1 is 1.15 bits per heavy atom. The van der Waals surface area contributed by atoms with Gasteiger partial charge in [-0.1, -0.05) is 42.5 Å². The van der Waals surface area contributed by atoms with E-state index < -0.39 is 0 Å². The van der Waals surface area contributed by atoms with E-state index in [1.165, 1.54) is 0 Å². The molecule has 2 N–H and O–H groups in total. The average Bonchev–Trinajstić information content (AvgIpc) is 2.86. The predicted octanol–water partition coefficient (Wildman–Crippen LogP) is 2.21. The van der Waals surface area contributed by atoms with Crippen LogP contribution in [0.25, 0.3) is 17.0 Å². The maximum Gasteiger partial charge on any atom is 0.275 e. The van der Waals surface area contributed by atoms with Crippen LogP contribution in [0.3, 0.4) is 0 Å². The number of hydrogen-bond donors (Lipinski definition) is 2. The van der Waals surface area contributed by atoms with Crippen LogP contribution in [-0.4, -0.2) is 20.4 Å². The van der Waals surface area contributed by atoms with E-state index in [0.717, 1.165) is 17.0 Å². The summed E-state index contributed by atoms with van der Waals surface area (Å²) in [6.45, 7) is 1.83. The lowest BCUT2D eigenvalue weighted by Gasteiger charge is -1.97. The highest BCUT2D eigenvalue weighted by Gasteiger charge is 2.10. The first-order valence-corrected chi connectivity index (χ1v) is 6.39. The highest BCUT2D eigenvalue weighted by molar-refractivity contribution is 5.81. The second-order valence-corrected chi connectivity index (χ2v) is 4.59. The molecule has 0 amide bonds. The quantitative estimate of drug-likeness (QED) is 0.763. The summed E-state index contributed by atoms with van der Waals surface area (Å²) in [6, 6.07) is 10.0. The molecule has 0 aliphatic carbocycles. The van der Waals surface area contributed by atoms with E-state index >= 15 is 0 Å². The van der Waals surface area contributed by atoms with Crippen molar-refractivity contribution < 1.29 is 0 Å². The van der Waals surface area contributed by atoms with E-state index in [1.54, 1.807) is 0 Å². The van der Waals surface area contributed by atoms with Crippen LogP contribution in [0.1, 0.15) is 17.0 Å². The number of allylic oxidation sites excluding steroid dienone is 1. The van der Waals surface area contributed by atoms with E-state index in [9.17, 15) is 4.79 Å². The first-order valence-electron chi connectivity index (χ1n) is 6.39. The topological polar surface area (TPSA) is 74.4 Å². The second-order valence-electron chi connectivity index (χ2n) is 4.59. The molecule has 3 aromatic rings. The van der Waals surface area contributed by atoms with Crippen molar-refractivity contribution in [1.82, 2.24) is 20.4 Å². The number of benzene rings is 1. The maximum atomic E-state index is 11.7. The molecular weight excluding hydrogens is 252 g/mol. The van der Waals surface area contributed by atoms with Crippen molar-refractivity contribution in [3.05, 3.63) is 63.7 Å². The van der Waals surface area contributed by atoms with Gasteiger partial charge in [0.15, 0.2) is 0 Å². The molecule has 2 aromatic heterocycles.